The summed E-state index contributed by atoms with van der Waals surface area (Å²) in [4.78, 5) is 2.49. The Balaban J connectivity index is 1.57. The van der Waals surface area contributed by atoms with Crippen LogP contribution in [0.25, 0.3) is 0 Å². The van der Waals surface area contributed by atoms with E-state index in [4.69, 9.17) is 14.2 Å². The first-order valence-corrected chi connectivity index (χ1v) is 11.1. The summed E-state index contributed by atoms with van der Waals surface area (Å²) in [6, 6.07) is 8.40. The molecule has 2 aromatic carbocycles. The number of benzene rings is 2. The third-order valence-corrected chi connectivity index (χ3v) is 6.46. The van der Waals surface area contributed by atoms with E-state index in [1.165, 1.54) is 41.5 Å². The standard InChI is InChI=1S/C25H33NO4/c1-4-5-6-7-12-30-23-9-8-17-13-21-19-15-22(27)24(28-2)14-18(19)10-11-26(21)16-20(17)25(23)29-3/h8-9,14-15,21,27H,4-7,10-13,16H2,1-3H3. The molecule has 0 saturated carbocycles. The third kappa shape index (κ3) is 3.95. The summed E-state index contributed by atoms with van der Waals surface area (Å²) in [5, 5.41) is 10.3. The first kappa shape index (κ1) is 20.9. The number of nitrogens with zero attached hydrogens (tertiary/aromatic N) is 1. The molecule has 0 spiro atoms. The van der Waals surface area contributed by atoms with Crippen LogP contribution in [0.4, 0.5) is 0 Å². The highest BCUT2D eigenvalue weighted by atomic mass is 16.5. The first-order valence-electron chi connectivity index (χ1n) is 11.1. The Labute approximate surface area is 179 Å². The Bertz CT molecular complexity index is 895. The molecular weight excluding hydrogens is 378 g/mol. The van der Waals surface area contributed by atoms with Crippen molar-refractivity contribution >= 4 is 0 Å². The second-order valence-electron chi connectivity index (χ2n) is 8.31. The zero-order valence-corrected chi connectivity index (χ0v) is 18.4. The lowest BCUT2D eigenvalue weighted by Gasteiger charge is -2.42. The molecule has 0 aliphatic carbocycles. The second-order valence-corrected chi connectivity index (χ2v) is 8.31. The molecule has 5 nitrogen and oxygen atoms in total. The van der Waals surface area contributed by atoms with Crippen LogP contribution in [0.1, 0.15) is 60.9 Å². The highest BCUT2D eigenvalue weighted by Crippen LogP contribution is 2.45. The Morgan fingerprint density at radius 1 is 1.03 bits per heavy atom. The van der Waals surface area contributed by atoms with Crippen molar-refractivity contribution in [2.75, 3.05) is 27.4 Å². The monoisotopic (exact) mass is 411 g/mol. The van der Waals surface area contributed by atoms with Crippen molar-refractivity contribution in [3.8, 4) is 23.0 Å². The molecule has 2 aromatic rings. The van der Waals surface area contributed by atoms with Gasteiger partial charge in [-0.25, -0.2) is 0 Å². The number of unbranched alkanes of at least 4 members (excludes halogenated alkanes) is 3. The predicted octanol–water partition coefficient (Wildman–Crippen LogP) is 5.02. The Hall–Kier alpha value is -2.40. The van der Waals surface area contributed by atoms with Gasteiger partial charge in [0.15, 0.2) is 23.0 Å². The number of ether oxygens (including phenoxy) is 3. The van der Waals surface area contributed by atoms with E-state index in [2.05, 4.69) is 24.0 Å². The lowest BCUT2D eigenvalue weighted by atomic mass is 9.83. The second kappa shape index (κ2) is 9.17. The number of fused-ring (bicyclic) bond motifs is 4. The molecule has 30 heavy (non-hydrogen) atoms. The van der Waals surface area contributed by atoms with Gasteiger partial charge in [0.25, 0.3) is 0 Å². The molecule has 4 rings (SSSR count). The minimum atomic E-state index is 0.216. The summed E-state index contributed by atoms with van der Waals surface area (Å²) in [5.41, 5.74) is 5.02. The van der Waals surface area contributed by atoms with Crippen LogP contribution in [0.3, 0.4) is 0 Å². The zero-order valence-electron chi connectivity index (χ0n) is 18.4. The van der Waals surface area contributed by atoms with Crippen LogP contribution in [-0.4, -0.2) is 37.4 Å². The van der Waals surface area contributed by atoms with Gasteiger partial charge in [0, 0.05) is 24.7 Å². The van der Waals surface area contributed by atoms with E-state index in [1.54, 1.807) is 14.2 Å². The van der Waals surface area contributed by atoms with Crippen LogP contribution < -0.4 is 14.2 Å². The zero-order chi connectivity index (χ0) is 21.1. The van der Waals surface area contributed by atoms with Crippen molar-refractivity contribution in [3.05, 3.63) is 46.5 Å². The van der Waals surface area contributed by atoms with Crippen molar-refractivity contribution in [2.24, 2.45) is 0 Å². The molecule has 0 saturated heterocycles. The maximum Gasteiger partial charge on any atom is 0.165 e. The molecule has 0 radical (unpaired) electrons. The minimum Gasteiger partial charge on any atom is -0.504 e. The molecule has 5 heteroatoms. The number of phenolic OH excluding ortho intramolecular Hbond substituents is 1. The van der Waals surface area contributed by atoms with E-state index < -0.39 is 0 Å². The lowest BCUT2D eigenvalue weighted by Crippen LogP contribution is -2.39. The summed E-state index contributed by atoms with van der Waals surface area (Å²) < 4.78 is 17.2. The fraction of sp³-hybridized carbons (Fsp3) is 0.520. The molecule has 162 valence electrons. The van der Waals surface area contributed by atoms with Gasteiger partial charge in [-0.05, 0) is 54.2 Å². The van der Waals surface area contributed by atoms with E-state index in [0.29, 0.717) is 5.75 Å². The Morgan fingerprint density at radius 2 is 1.90 bits per heavy atom. The summed E-state index contributed by atoms with van der Waals surface area (Å²) in [6.07, 6.45) is 6.62. The fourth-order valence-corrected chi connectivity index (χ4v) is 4.83. The largest absolute Gasteiger partial charge is 0.504 e. The molecule has 2 aliphatic rings. The maximum absolute atomic E-state index is 10.3. The fourth-order valence-electron chi connectivity index (χ4n) is 4.83. The van der Waals surface area contributed by atoms with Gasteiger partial charge in [-0.15, -0.1) is 0 Å². The number of aromatic hydroxyl groups is 1. The molecule has 2 heterocycles. The van der Waals surface area contributed by atoms with Crippen molar-refractivity contribution < 1.29 is 19.3 Å². The predicted molar refractivity (Wildman–Crippen MR) is 118 cm³/mol. The van der Waals surface area contributed by atoms with Crippen LogP contribution in [-0.2, 0) is 19.4 Å². The van der Waals surface area contributed by atoms with Gasteiger partial charge in [-0.1, -0.05) is 32.3 Å². The molecule has 0 fully saturated rings. The Morgan fingerprint density at radius 3 is 2.67 bits per heavy atom. The summed E-state index contributed by atoms with van der Waals surface area (Å²) >= 11 is 0. The maximum atomic E-state index is 10.3. The molecule has 1 N–H and O–H groups in total. The highest BCUT2D eigenvalue weighted by Gasteiger charge is 2.34. The van der Waals surface area contributed by atoms with E-state index in [0.717, 1.165) is 50.5 Å². The van der Waals surface area contributed by atoms with Crippen molar-refractivity contribution in [2.45, 2.75) is 58.0 Å². The van der Waals surface area contributed by atoms with Gasteiger partial charge in [0.05, 0.1) is 20.8 Å². The first-order chi connectivity index (χ1) is 14.7. The average molecular weight is 412 g/mol. The topological polar surface area (TPSA) is 51.2 Å². The van der Waals surface area contributed by atoms with Crippen molar-refractivity contribution in [1.82, 2.24) is 4.90 Å². The lowest BCUT2D eigenvalue weighted by molar-refractivity contribution is 0.157. The number of methoxy groups -OCH3 is 2. The van der Waals surface area contributed by atoms with Crippen LogP contribution in [0.5, 0.6) is 23.0 Å². The van der Waals surface area contributed by atoms with E-state index in [9.17, 15) is 5.11 Å². The van der Waals surface area contributed by atoms with Gasteiger partial charge < -0.3 is 19.3 Å². The molecule has 2 aliphatic heterocycles. The van der Waals surface area contributed by atoms with Gasteiger partial charge in [0.1, 0.15) is 0 Å². The van der Waals surface area contributed by atoms with Gasteiger partial charge in [-0.2, -0.15) is 0 Å². The third-order valence-electron chi connectivity index (χ3n) is 6.46. The molecule has 0 aromatic heterocycles. The molecule has 1 atom stereocenters. The van der Waals surface area contributed by atoms with E-state index in [-0.39, 0.29) is 11.8 Å². The normalized spacial score (nSPS) is 17.6. The number of phenols is 1. The molecular formula is C25H33NO4. The number of hydrogen-bond acceptors (Lipinski definition) is 5. The molecule has 0 bridgehead atoms. The minimum absolute atomic E-state index is 0.216. The SMILES string of the molecule is CCCCCCOc1ccc2c(c1OC)CN1CCc3cc(OC)c(O)cc3C1C2. The summed E-state index contributed by atoms with van der Waals surface area (Å²) in [6.45, 7) is 4.77. The van der Waals surface area contributed by atoms with Gasteiger partial charge in [-0.3, -0.25) is 4.90 Å². The number of hydrogen-bond donors (Lipinski definition) is 1. The molecule has 0 amide bonds. The van der Waals surface area contributed by atoms with Crippen molar-refractivity contribution in [3.63, 3.8) is 0 Å². The smallest absolute Gasteiger partial charge is 0.165 e. The summed E-state index contributed by atoms with van der Waals surface area (Å²) in [5.74, 6) is 2.50. The summed E-state index contributed by atoms with van der Waals surface area (Å²) in [7, 11) is 3.34. The quantitative estimate of drug-likeness (QED) is 0.618. The average Bonchev–Trinajstić information content (AvgIpc) is 2.77. The number of rotatable bonds is 8. The van der Waals surface area contributed by atoms with Gasteiger partial charge >= 0.3 is 0 Å². The van der Waals surface area contributed by atoms with Crippen LogP contribution in [0.2, 0.25) is 0 Å². The Kier molecular flexibility index (Phi) is 6.38. The highest BCUT2D eigenvalue weighted by molar-refractivity contribution is 5.54. The van der Waals surface area contributed by atoms with E-state index >= 15 is 0 Å². The van der Waals surface area contributed by atoms with Crippen molar-refractivity contribution in [1.29, 1.82) is 0 Å². The van der Waals surface area contributed by atoms with Crippen LogP contribution >= 0.6 is 0 Å². The van der Waals surface area contributed by atoms with Crippen LogP contribution in [0, 0.1) is 0 Å². The van der Waals surface area contributed by atoms with Gasteiger partial charge in [0.2, 0.25) is 0 Å². The van der Waals surface area contributed by atoms with E-state index in [1.807, 2.05) is 12.1 Å². The molecule has 1 unspecified atom stereocenters. The van der Waals surface area contributed by atoms with Crippen LogP contribution in [0.15, 0.2) is 24.3 Å².